The summed E-state index contributed by atoms with van der Waals surface area (Å²) in [5.41, 5.74) is -0.479. The van der Waals surface area contributed by atoms with E-state index >= 15 is 0 Å². The molecule has 0 aromatic heterocycles. The lowest BCUT2D eigenvalue weighted by Gasteiger charge is -2.40. The van der Waals surface area contributed by atoms with Crippen molar-refractivity contribution in [2.75, 3.05) is 33.2 Å². The Hall–Kier alpha value is -1.26. The van der Waals surface area contributed by atoms with E-state index in [4.69, 9.17) is 4.74 Å². The van der Waals surface area contributed by atoms with Gasteiger partial charge in [0.1, 0.15) is 5.60 Å². The lowest BCUT2D eigenvalue weighted by atomic mass is 10.0. The molecule has 1 aliphatic carbocycles. The smallest absolute Gasteiger partial charge is 0.410 e. The molecule has 0 aromatic rings. The molecule has 31 heavy (non-hydrogen) atoms. The molecule has 2 fully saturated rings. The molecule has 1 heterocycles. The van der Waals surface area contributed by atoms with Crippen molar-refractivity contribution < 1.29 is 14.3 Å². The first-order valence-corrected chi connectivity index (χ1v) is 11.3. The van der Waals surface area contributed by atoms with Gasteiger partial charge in [-0.2, -0.15) is 0 Å². The SMILES string of the molecule is CN=C(NCCC(=O)NC(C)C)N1CCC(N(CC2CC2)C(=O)OC(C)(C)C)CC1.I. The number of guanidine groups is 1. The molecule has 0 atom stereocenters. The molecule has 1 aliphatic heterocycles. The summed E-state index contributed by atoms with van der Waals surface area (Å²) in [6.45, 7) is 12.7. The van der Waals surface area contributed by atoms with Gasteiger partial charge in [0.25, 0.3) is 0 Å². The summed E-state index contributed by atoms with van der Waals surface area (Å²) >= 11 is 0. The Bertz CT molecular complexity index is 609. The Morgan fingerprint density at radius 1 is 1.16 bits per heavy atom. The number of hydrogen-bond donors (Lipinski definition) is 2. The number of likely N-dealkylation sites (tertiary alicyclic amines) is 1. The van der Waals surface area contributed by atoms with E-state index in [0.29, 0.717) is 18.9 Å². The summed E-state index contributed by atoms with van der Waals surface area (Å²) in [5.74, 6) is 1.48. The summed E-state index contributed by atoms with van der Waals surface area (Å²) in [7, 11) is 1.77. The average molecular weight is 552 g/mol. The van der Waals surface area contributed by atoms with Crippen molar-refractivity contribution in [3.05, 3.63) is 0 Å². The fraction of sp³-hybridized carbons (Fsp3) is 0.864. The Morgan fingerprint density at radius 3 is 2.26 bits per heavy atom. The van der Waals surface area contributed by atoms with Crippen LogP contribution in [0.4, 0.5) is 4.79 Å². The summed E-state index contributed by atoms with van der Waals surface area (Å²) in [6.07, 6.45) is 4.42. The number of amides is 2. The molecule has 0 radical (unpaired) electrons. The maximum atomic E-state index is 12.8. The van der Waals surface area contributed by atoms with E-state index in [0.717, 1.165) is 38.4 Å². The second-order valence-electron chi connectivity index (χ2n) is 9.74. The number of nitrogens with zero attached hydrogens (tertiary/aromatic N) is 3. The van der Waals surface area contributed by atoms with E-state index in [1.54, 1.807) is 7.05 Å². The number of nitrogens with one attached hydrogen (secondary N) is 2. The van der Waals surface area contributed by atoms with Gasteiger partial charge in [0, 0.05) is 51.7 Å². The maximum Gasteiger partial charge on any atom is 0.410 e. The summed E-state index contributed by atoms with van der Waals surface area (Å²) < 4.78 is 5.68. The van der Waals surface area contributed by atoms with Gasteiger partial charge in [0.2, 0.25) is 5.91 Å². The Balaban J connectivity index is 0.00000480. The van der Waals surface area contributed by atoms with Crippen LogP contribution >= 0.6 is 24.0 Å². The number of ether oxygens (including phenoxy) is 1. The fourth-order valence-electron chi connectivity index (χ4n) is 3.68. The lowest BCUT2D eigenvalue weighted by Crippen LogP contribution is -2.52. The Labute approximate surface area is 204 Å². The molecule has 0 spiro atoms. The molecule has 8 nitrogen and oxygen atoms in total. The molecule has 0 unspecified atom stereocenters. The standard InChI is InChI=1S/C22H41N5O3.HI/c1-16(2)25-19(28)9-12-24-20(23-6)26-13-10-18(11-14-26)27(15-17-7-8-17)21(29)30-22(3,4)5;/h16-18H,7-15H2,1-6H3,(H,23,24)(H,25,28);1H. The highest BCUT2D eigenvalue weighted by Crippen LogP contribution is 2.32. The van der Waals surface area contributed by atoms with Crippen LogP contribution in [0.15, 0.2) is 4.99 Å². The topological polar surface area (TPSA) is 86.3 Å². The molecule has 0 bridgehead atoms. The van der Waals surface area contributed by atoms with Crippen LogP contribution in [0.5, 0.6) is 0 Å². The van der Waals surface area contributed by atoms with Crippen LogP contribution < -0.4 is 10.6 Å². The molecule has 2 amide bonds. The molecule has 2 rings (SSSR count). The van der Waals surface area contributed by atoms with Crippen molar-refractivity contribution in [3.8, 4) is 0 Å². The zero-order valence-corrected chi connectivity index (χ0v) is 22.4. The quantitative estimate of drug-likeness (QED) is 0.289. The predicted molar refractivity (Wildman–Crippen MR) is 135 cm³/mol. The third-order valence-corrected chi connectivity index (χ3v) is 5.28. The van der Waals surface area contributed by atoms with E-state index in [1.165, 1.54) is 12.8 Å². The van der Waals surface area contributed by atoms with E-state index in [-0.39, 0.29) is 48.1 Å². The second kappa shape index (κ2) is 12.7. The Kier molecular flexibility index (Phi) is 11.4. The van der Waals surface area contributed by atoms with Crippen LogP contribution in [0, 0.1) is 5.92 Å². The number of carbonyl (C=O) groups is 2. The zero-order valence-electron chi connectivity index (χ0n) is 20.1. The lowest BCUT2D eigenvalue weighted by molar-refractivity contribution is -0.121. The first kappa shape index (κ1) is 27.8. The van der Waals surface area contributed by atoms with Gasteiger partial charge in [-0.1, -0.05) is 0 Å². The molecule has 9 heteroatoms. The zero-order chi connectivity index (χ0) is 22.3. The van der Waals surface area contributed by atoms with Gasteiger partial charge in [-0.15, -0.1) is 24.0 Å². The Morgan fingerprint density at radius 2 is 1.77 bits per heavy atom. The van der Waals surface area contributed by atoms with Crippen LogP contribution in [0.1, 0.15) is 66.7 Å². The van der Waals surface area contributed by atoms with Crippen LogP contribution in [0.3, 0.4) is 0 Å². The minimum atomic E-state index is -0.479. The van der Waals surface area contributed by atoms with Crippen molar-refractivity contribution in [1.29, 1.82) is 0 Å². The highest BCUT2D eigenvalue weighted by molar-refractivity contribution is 14.0. The van der Waals surface area contributed by atoms with Crippen LogP contribution in [-0.4, -0.2) is 78.7 Å². The molecule has 2 aliphatic rings. The first-order chi connectivity index (χ1) is 14.1. The minimum absolute atomic E-state index is 0. The summed E-state index contributed by atoms with van der Waals surface area (Å²) in [6, 6.07) is 0.353. The van der Waals surface area contributed by atoms with Gasteiger partial charge in [-0.3, -0.25) is 9.79 Å². The maximum absolute atomic E-state index is 12.8. The van der Waals surface area contributed by atoms with Gasteiger partial charge >= 0.3 is 6.09 Å². The highest BCUT2D eigenvalue weighted by Gasteiger charge is 2.35. The molecular weight excluding hydrogens is 509 g/mol. The van der Waals surface area contributed by atoms with E-state index in [1.807, 2.05) is 39.5 Å². The minimum Gasteiger partial charge on any atom is -0.444 e. The van der Waals surface area contributed by atoms with Crippen molar-refractivity contribution in [1.82, 2.24) is 20.4 Å². The largest absolute Gasteiger partial charge is 0.444 e. The number of rotatable bonds is 7. The molecule has 2 N–H and O–H groups in total. The number of aliphatic imine (C=N–C) groups is 1. The first-order valence-electron chi connectivity index (χ1n) is 11.3. The third-order valence-electron chi connectivity index (χ3n) is 5.28. The predicted octanol–water partition coefficient (Wildman–Crippen LogP) is 3.21. The monoisotopic (exact) mass is 551 g/mol. The van der Waals surface area contributed by atoms with E-state index in [9.17, 15) is 9.59 Å². The molecule has 180 valence electrons. The van der Waals surface area contributed by atoms with Gasteiger partial charge < -0.3 is 25.2 Å². The average Bonchev–Trinajstić information content (AvgIpc) is 3.46. The van der Waals surface area contributed by atoms with Gasteiger partial charge in [0.15, 0.2) is 5.96 Å². The van der Waals surface area contributed by atoms with Crippen molar-refractivity contribution in [2.24, 2.45) is 10.9 Å². The fourth-order valence-corrected chi connectivity index (χ4v) is 3.68. The number of piperidine rings is 1. The summed E-state index contributed by atoms with van der Waals surface area (Å²) in [4.78, 5) is 33.2. The number of hydrogen-bond acceptors (Lipinski definition) is 4. The van der Waals surface area contributed by atoms with Crippen LogP contribution in [0.2, 0.25) is 0 Å². The van der Waals surface area contributed by atoms with E-state index in [2.05, 4.69) is 20.5 Å². The molecular formula is C22H42IN5O3. The second-order valence-corrected chi connectivity index (χ2v) is 9.74. The van der Waals surface area contributed by atoms with E-state index < -0.39 is 5.60 Å². The molecule has 0 aromatic carbocycles. The molecule has 1 saturated heterocycles. The van der Waals surface area contributed by atoms with Gasteiger partial charge in [-0.05, 0) is 66.2 Å². The van der Waals surface area contributed by atoms with Crippen molar-refractivity contribution in [2.45, 2.75) is 84.4 Å². The summed E-state index contributed by atoms with van der Waals surface area (Å²) in [5, 5.41) is 6.19. The van der Waals surface area contributed by atoms with Crippen molar-refractivity contribution in [3.63, 3.8) is 0 Å². The van der Waals surface area contributed by atoms with Gasteiger partial charge in [0.05, 0.1) is 0 Å². The number of carbonyl (C=O) groups excluding carboxylic acids is 2. The van der Waals surface area contributed by atoms with Crippen molar-refractivity contribution >= 4 is 41.9 Å². The third kappa shape index (κ3) is 10.3. The van der Waals surface area contributed by atoms with Crippen LogP contribution in [0.25, 0.3) is 0 Å². The highest BCUT2D eigenvalue weighted by atomic mass is 127. The number of halogens is 1. The van der Waals surface area contributed by atoms with Crippen LogP contribution in [-0.2, 0) is 9.53 Å². The molecule has 1 saturated carbocycles. The van der Waals surface area contributed by atoms with Gasteiger partial charge in [-0.25, -0.2) is 4.79 Å². The normalized spacial score (nSPS) is 17.8.